The number of piperidine rings is 1. The van der Waals surface area contributed by atoms with Crippen LogP contribution in [0.4, 0.5) is 0 Å². The molecule has 0 radical (unpaired) electrons. The third-order valence-corrected chi connectivity index (χ3v) is 2.01. The molecule has 1 saturated heterocycles. The Labute approximate surface area is 64.8 Å². The molecule has 0 aliphatic carbocycles. The molecule has 4 unspecified atom stereocenters. The topological polar surface area (TPSA) is 98.7 Å². The lowest BCUT2D eigenvalue weighted by Crippen LogP contribution is -2.63. The highest BCUT2D eigenvalue weighted by Gasteiger charge is 2.34. The van der Waals surface area contributed by atoms with Crippen LogP contribution in [0.2, 0.25) is 0 Å². The predicted octanol–water partition coefficient (Wildman–Crippen LogP) is -3.00. The molecule has 1 aliphatic rings. The molecule has 0 aromatic rings. The Morgan fingerprint density at radius 3 is 2.55 bits per heavy atom. The number of aliphatic hydroxyl groups is 3. The predicted molar refractivity (Wildman–Crippen MR) is 38.9 cm³/mol. The van der Waals surface area contributed by atoms with Gasteiger partial charge in [-0.1, -0.05) is 0 Å². The van der Waals surface area contributed by atoms with Crippen molar-refractivity contribution in [3.05, 3.63) is 0 Å². The van der Waals surface area contributed by atoms with Crippen LogP contribution in [0.15, 0.2) is 0 Å². The Hall–Kier alpha value is -0.200. The van der Waals surface area contributed by atoms with Gasteiger partial charge in [-0.3, -0.25) is 0 Å². The van der Waals surface area contributed by atoms with Crippen LogP contribution in [-0.4, -0.2) is 52.8 Å². The van der Waals surface area contributed by atoms with Gasteiger partial charge in [-0.25, -0.2) is 0 Å². The zero-order valence-corrected chi connectivity index (χ0v) is 6.14. The van der Waals surface area contributed by atoms with Crippen molar-refractivity contribution in [1.29, 1.82) is 0 Å². The van der Waals surface area contributed by atoms with E-state index in [0.717, 1.165) is 0 Å². The largest absolute Gasteiger partial charge is 0.395 e. The molecule has 0 amide bonds. The van der Waals surface area contributed by atoms with Crippen LogP contribution in [0.1, 0.15) is 0 Å². The fourth-order valence-electron chi connectivity index (χ4n) is 1.19. The number of rotatable bonds is 1. The molecular formula is C6H14N2O3. The van der Waals surface area contributed by atoms with E-state index in [-0.39, 0.29) is 6.61 Å². The molecule has 5 nitrogen and oxygen atoms in total. The third kappa shape index (κ3) is 1.69. The van der Waals surface area contributed by atoms with Gasteiger partial charge in [0.2, 0.25) is 0 Å². The first kappa shape index (κ1) is 8.89. The fourth-order valence-corrected chi connectivity index (χ4v) is 1.19. The Morgan fingerprint density at radius 2 is 2.00 bits per heavy atom. The van der Waals surface area contributed by atoms with E-state index in [2.05, 4.69) is 5.32 Å². The van der Waals surface area contributed by atoms with Crippen LogP contribution in [0, 0.1) is 0 Å². The summed E-state index contributed by atoms with van der Waals surface area (Å²) in [5, 5.41) is 30.0. The maximum atomic E-state index is 9.26. The summed E-state index contributed by atoms with van der Waals surface area (Å²) in [7, 11) is 0. The van der Waals surface area contributed by atoms with Crippen molar-refractivity contribution in [2.45, 2.75) is 24.3 Å². The summed E-state index contributed by atoms with van der Waals surface area (Å²) in [4.78, 5) is 0. The second-order valence-corrected chi connectivity index (χ2v) is 2.84. The third-order valence-electron chi connectivity index (χ3n) is 2.01. The molecule has 0 spiro atoms. The summed E-state index contributed by atoms with van der Waals surface area (Å²) < 4.78 is 0. The summed E-state index contributed by atoms with van der Waals surface area (Å²) in [5.74, 6) is 0. The number of nitrogens with one attached hydrogen (secondary N) is 1. The van der Waals surface area contributed by atoms with E-state index in [1.54, 1.807) is 0 Å². The van der Waals surface area contributed by atoms with Crippen LogP contribution >= 0.6 is 0 Å². The van der Waals surface area contributed by atoms with Gasteiger partial charge >= 0.3 is 0 Å². The van der Waals surface area contributed by atoms with Crippen LogP contribution in [-0.2, 0) is 0 Å². The summed E-state index contributed by atoms with van der Waals surface area (Å²) in [6.07, 6.45) is -1.91. The smallest absolute Gasteiger partial charge is 0.0989 e. The minimum Gasteiger partial charge on any atom is -0.395 e. The maximum Gasteiger partial charge on any atom is 0.0989 e. The van der Waals surface area contributed by atoms with E-state index in [1.165, 1.54) is 0 Å². The zero-order valence-electron chi connectivity index (χ0n) is 6.14. The van der Waals surface area contributed by atoms with Gasteiger partial charge in [0.05, 0.1) is 24.9 Å². The molecule has 6 N–H and O–H groups in total. The molecule has 1 heterocycles. The molecule has 11 heavy (non-hydrogen) atoms. The Balaban J connectivity index is 2.52. The lowest BCUT2D eigenvalue weighted by molar-refractivity contribution is -0.0480. The van der Waals surface area contributed by atoms with Crippen molar-refractivity contribution < 1.29 is 15.3 Å². The molecule has 0 aromatic heterocycles. The standard InChI is InChI=1S/C6H14N2O3/c7-3-1-8-4(2-9)6(11)5(3)10/h3-6,8-11H,1-2,7H2. The monoisotopic (exact) mass is 162 g/mol. The fraction of sp³-hybridized carbons (Fsp3) is 1.00. The highest BCUT2D eigenvalue weighted by molar-refractivity contribution is 4.93. The van der Waals surface area contributed by atoms with Crippen LogP contribution in [0.5, 0.6) is 0 Å². The van der Waals surface area contributed by atoms with Gasteiger partial charge in [-0.2, -0.15) is 0 Å². The Morgan fingerprint density at radius 1 is 1.36 bits per heavy atom. The lowest BCUT2D eigenvalue weighted by atomic mass is 9.95. The minimum atomic E-state index is -0.969. The average molecular weight is 162 g/mol. The molecule has 5 heteroatoms. The van der Waals surface area contributed by atoms with Crippen molar-refractivity contribution >= 4 is 0 Å². The maximum absolute atomic E-state index is 9.26. The van der Waals surface area contributed by atoms with Gasteiger partial charge in [0, 0.05) is 12.6 Å². The summed E-state index contributed by atoms with van der Waals surface area (Å²) in [5.41, 5.74) is 5.43. The Kier molecular flexibility index (Phi) is 2.80. The SMILES string of the molecule is NC1CNC(CO)C(O)C1O. The molecular weight excluding hydrogens is 148 g/mol. The van der Waals surface area contributed by atoms with Crippen molar-refractivity contribution in [2.75, 3.05) is 13.2 Å². The van der Waals surface area contributed by atoms with Gasteiger partial charge in [-0.05, 0) is 0 Å². The van der Waals surface area contributed by atoms with E-state index >= 15 is 0 Å². The normalized spacial score (nSPS) is 45.8. The van der Waals surface area contributed by atoms with E-state index in [0.29, 0.717) is 6.54 Å². The molecule has 0 bridgehead atoms. The first-order valence-corrected chi connectivity index (χ1v) is 3.62. The van der Waals surface area contributed by atoms with Crippen molar-refractivity contribution in [1.82, 2.24) is 5.32 Å². The second kappa shape index (κ2) is 3.46. The first-order chi connectivity index (χ1) is 5.16. The number of hydrogen-bond donors (Lipinski definition) is 5. The summed E-state index contributed by atoms with van der Waals surface area (Å²) in [6, 6.07) is -0.905. The summed E-state index contributed by atoms with van der Waals surface area (Å²) >= 11 is 0. The van der Waals surface area contributed by atoms with E-state index in [1.807, 2.05) is 0 Å². The molecule has 0 aromatic carbocycles. The van der Waals surface area contributed by atoms with Crippen LogP contribution < -0.4 is 11.1 Å². The first-order valence-electron chi connectivity index (χ1n) is 3.62. The summed E-state index contributed by atoms with van der Waals surface area (Å²) in [6.45, 7) is 0.231. The van der Waals surface area contributed by atoms with Crippen molar-refractivity contribution in [3.63, 3.8) is 0 Å². The molecule has 1 fully saturated rings. The lowest BCUT2D eigenvalue weighted by Gasteiger charge is -2.35. The molecule has 1 aliphatic heterocycles. The molecule has 4 atom stereocenters. The van der Waals surface area contributed by atoms with Gasteiger partial charge in [0.15, 0.2) is 0 Å². The van der Waals surface area contributed by atoms with Crippen molar-refractivity contribution in [2.24, 2.45) is 5.73 Å². The quantitative estimate of drug-likeness (QED) is 0.283. The number of nitrogens with two attached hydrogens (primary N) is 1. The van der Waals surface area contributed by atoms with Gasteiger partial charge < -0.3 is 26.4 Å². The number of hydrogen-bond acceptors (Lipinski definition) is 5. The van der Waals surface area contributed by atoms with Crippen LogP contribution in [0.3, 0.4) is 0 Å². The van der Waals surface area contributed by atoms with E-state index < -0.39 is 24.3 Å². The van der Waals surface area contributed by atoms with Crippen molar-refractivity contribution in [3.8, 4) is 0 Å². The second-order valence-electron chi connectivity index (χ2n) is 2.84. The van der Waals surface area contributed by atoms with Gasteiger partial charge in [0.1, 0.15) is 0 Å². The molecule has 1 rings (SSSR count). The van der Waals surface area contributed by atoms with Gasteiger partial charge in [0.25, 0.3) is 0 Å². The average Bonchev–Trinajstić information content (AvgIpc) is 2.01. The number of aliphatic hydroxyl groups excluding tert-OH is 3. The zero-order chi connectivity index (χ0) is 8.43. The van der Waals surface area contributed by atoms with Crippen LogP contribution in [0.25, 0.3) is 0 Å². The van der Waals surface area contributed by atoms with Gasteiger partial charge in [-0.15, -0.1) is 0 Å². The molecule has 0 saturated carbocycles. The van der Waals surface area contributed by atoms with E-state index in [9.17, 15) is 10.2 Å². The molecule has 66 valence electrons. The highest BCUT2D eigenvalue weighted by atomic mass is 16.3. The van der Waals surface area contributed by atoms with E-state index in [4.69, 9.17) is 10.8 Å². The minimum absolute atomic E-state index is 0.190. The Bertz CT molecular complexity index is 131. The highest BCUT2D eigenvalue weighted by Crippen LogP contribution is 2.08.